The zero-order chi connectivity index (χ0) is 34.0. The van der Waals surface area contributed by atoms with Gasteiger partial charge in [-0.3, -0.25) is 0 Å². The minimum Gasteiger partial charge on any atom is -0.494 e. The molecular weight excluding hydrogens is 614 g/mol. The smallest absolute Gasteiger partial charge is 0.119 e. The predicted molar refractivity (Wildman–Crippen MR) is 198 cm³/mol. The van der Waals surface area contributed by atoms with Gasteiger partial charge in [-0.15, -0.1) is 0 Å². The van der Waals surface area contributed by atoms with E-state index in [1.54, 1.807) is 0 Å². The average Bonchev–Trinajstić information content (AvgIpc) is 3.10. The van der Waals surface area contributed by atoms with Crippen molar-refractivity contribution in [2.24, 2.45) is 10.8 Å². The Labute approximate surface area is 295 Å². The fourth-order valence-corrected chi connectivity index (χ4v) is 6.24. The van der Waals surface area contributed by atoms with Crippen LogP contribution < -0.4 is 14.4 Å². The third-order valence-corrected chi connectivity index (χ3v) is 10.1. The molecule has 2 saturated heterocycles. The van der Waals surface area contributed by atoms with Crippen molar-refractivity contribution in [1.29, 1.82) is 0 Å². The molecule has 2 aliphatic heterocycles. The van der Waals surface area contributed by atoms with E-state index in [0.717, 1.165) is 146 Å². The summed E-state index contributed by atoms with van der Waals surface area (Å²) >= 11 is 0. The number of benzene rings is 3. The van der Waals surface area contributed by atoms with Crippen molar-refractivity contribution in [3.63, 3.8) is 0 Å². The van der Waals surface area contributed by atoms with Crippen LogP contribution in [0, 0.1) is 10.8 Å². The standard InChI is InChI=1S/C42H59NO6/c1-3-41(32-46-33-41)30-44-26-12-5-7-14-28-48-39-22-18-37(19-23-39)43(36-16-10-9-11-17-36)38-20-24-40(25-21-38)49-29-15-8-6-13-27-45-31-42(4-2)34-47-35-42/h9-11,16-25H,3-8,12-15,26-35H2,1-2H3. The van der Waals surface area contributed by atoms with E-state index >= 15 is 0 Å². The van der Waals surface area contributed by atoms with Crippen LogP contribution in [0.5, 0.6) is 11.5 Å². The molecule has 2 fully saturated rings. The number of ether oxygens (including phenoxy) is 6. The van der Waals surface area contributed by atoms with Gasteiger partial charge in [0.15, 0.2) is 0 Å². The van der Waals surface area contributed by atoms with E-state index in [-0.39, 0.29) is 10.8 Å². The van der Waals surface area contributed by atoms with Crippen molar-refractivity contribution in [2.75, 3.05) is 71.0 Å². The van der Waals surface area contributed by atoms with Crippen LogP contribution in [-0.2, 0) is 18.9 Å². The highest BCUT2D eigenvalue weighted by Crippen LogP contribution is 2.36. The van der Waals surface area contributed by atoms with Crippen molar-refractivity contribution in [2.45, 2.75) is 78.1 Å². The lowest BCUT2D eigenvalue weighted by Gasteiger charge is -2.40. The Morgan fingerprint density at radius 1 is 0.490 bits per heavy atom. The van der Waals surface area contributed by atoms with Gasteiger partial charge in [0, 0.05) is 41.1 Å². The Hall–Kier alpha value is -3.10. The fraction of sp³-hybridized carbons (Fsp3) is 0.571. The minimum absolute atomic E-state index is 0.279. The summed E-state index contributed by atoms with van der Waals surface area (Å²) in [6, 6.07) is 27.3. The van der Waals surface area contributed by atoms with Crippen LogP contribution in [0.4, 0.5) is 17.1 Å². The maximum Gasteiger partial charge on any atom is 0.119 e. The van der Waals surface area contributed by atoms with Gasteiger partial charge in [-0.1, -0.05) is 44.9 Å². The highest BCUT2D eigenvalue weighted by atomic mass is 16.5. The topological polar surface area (TPSA) is 58.6 Å². The number of anilines is 3. The van der Waals surface area contributed by atoms with E-state index in [1.165, 1.54) is 12.8 Å². The lowest BCUT2D eigenvalue weighted by atomic mass is 9.84. The van der Waals surface area contributed by atoms with E-state index in [9.17, 15) is 0 Å². The number of hydrogen-bond acceptors (Lipinski definition) is 7. The molecule has 268 valence electrons. The molecule has 0 bridgehead atoms. The van der Waals surface area contributed by atoms with Crippen molar-refractivity contribution < 1.29 is 28.4 Å². The summed E-state index contributed by atoms with van der Waals surface area (Å²) in [5.74, 6) is 1.80. The van der Waals surface area contributed by atoms with Gasteiger partial charge in [0.2, 0.25) is 0 Å². The van der Waals surface area contributed by atoms with Crippen LogP contribution >= 0.6 is 0 Å². The predicted octanol–water partition coefficient (Wildman–Crippen LogP) is 9.92. The Morgan fingerprint density at radius 2 is 0.878 bits per heavy atom. The quantitative estimate of drug-likeness (QED) is 0.0830. The molecule has 0 spiro atoms. The van der Waals surface area contributed by atoms with Crippen LogP contribution in [0.1, 0.15) is 78.1 Å². The molecule has 0 amide bonds. The summed E-state index contributed by atoms with van der Waals surface area (Å²) < 4.78 is 34.8. The Bertz CT molecular complexity index is 1210. The van der Waals surface area contributed by atoms with E-state index in [1.807, 2.05) is 6.07 Å². The lowest BCUT2D eigenvalue weighted by molar-refractivity contribution is -0.150. The Morgan fingerprint density at radius 3 is 1.24 bits per heavy atom. The minimum atomic E-state index is 0.279. The molecular formula is C42H59NO6. The molecule has 2 heterocycles. The molecule has 0 saturated carbocycles. The molecule has 3 aromatic carbocycles. The number of nitrogens with zero attached hydrogens (tertiary/aromatic N) is 1. The molecule has 0 aromatic heterocycles. The highest BCUT2D eigenvalue weighted by molar-refractivity contribution is 5.76. The molecule has 0 atom stereocenters. The van der Waals surface area contributed by atoms with Crippen molar-refractivity contribution in [1.82, 2.24) is 0 Å². The molecule has 7 nitrogen and oxygen atoms in total. The molecule has 5 rings (SSSR count). The molecule has 49 heavy (non-hydrogen) atoms. The largest absolute Gasteiger partial charge is 0.494 e. The zero-order valence-corrected chi connectivity index (χ0v) is 30.0. The van der Waals surface area contributed by atoms with Gasteiger partial charge in [0.25, 0.3) is 0 Å². The van der Waals surface area contributed by atoms with Gasteiger partial charge in [-0.25, -0.2) is 0 Å². The zero-order valence-electron chi connectivity index (χ0n) is 30.0. The van der Waals surface area contributed by atoms with Crippen LogP contribution in [0.2, 0.25) is 0 Å². The van der Waals surface area contributed by atoms with E-state index in [2.05, 4.69) is 91.5 Å². The molecule has 2 aliphatic rings. The molecule has 0 radical (unpaired) electrons. The first-order chi connectivity index (χ1) is 24.1. The number of para-hydroxylation sites is 1. The normalized spacial score (nSPS) is 16.0. The molecule has 7 heteroatoms. The number of unbranched alkanes of at least 4 members (excludes halogenated alkanes) is 6. The summed E-state index contributed by atoms with van der Waals surface area (Å²) in [6.45, 7) is 12.7. The second-order valence-corrected chi connectivity index (χ2v) is 14.0. The Balaban J connectivity index is 0.992. The van der Waals surface area contributed by atoms with Crippen molar-refractivity contribution >= 4 is 17.1 Å². The monoisotopic (exact) mass is 673 g/mol. The summed E-state index contributed by atoms with van der Waals surface area (Å²) in [5, 5.41) is 0. The second kappa shape index (κ2) is 19.9. The second-order valence-electron chi connectivity index (χ2n) is 14.0. The summed E-state index contributed by atoms with van der Waals surface area (Å²) in [5.41, 5.74) is 3.83. The maximum atomic E-state index is 6.09. The molecule has 0 aliphatic carbocycles. The maximum absolute atomic E-state index is 6.09. The third-order valence-electron chi connectivity index (χ3n) is 10.1. The Kier molecular flexibility index (Phi) is 15.1. The SMILES string of the molecule is CCC1(COCCCCCCOc2ccc(N(c3ccccc3)c3ccc(OCCCCCCOCC4(CC)COC4)cc3)cc2)COC1. The number of rotatable bonds is 25. The molecule has 0 N–H and O–H groups in total. The summed E-state index contributed by atoms with van der Waals surface area (Å²) in [4.78, 5) is 2.26. The van der Waals surface area contributed by atoms with Crippen molar-refractivity contribution in [3.8, 4) is 11.5 Å². The van der Waals surface area contributed by atoms with Gasteiger partial charge in [0.05, 0.1) is 52.9 Å². The fourth-order valence-electron chi connectivity index (χ4n) is 6.24. The van der Waals surface area contributed by atoms with Gasteiger partial charge in [-0.2, -0.15) is 0 Å². The first-order valence-corrected chi connectivity index (χ1v) is 18.8. The summed E-state index contributed by atoms with van der Waals surface area (Å²) in [7, 11) is 0. The van der Waals surface area contributed by atoms with Gasteiger partial charge in [-0.05, 0) is 112 Å². The third kappa shape index (κ3) is 11.5. The van der Waals surface area contributed by atoms with Crippen LogP contribution in [-0.4, -0.2) is 66.1 Å². The van der Waals surface area contributed by atoms with Crippen molar-refractivity contribution in [3.05, 3.63) is 78.9 Å². The van der Waals surface area contributed by atoms with E-state index in [0.29, 0.717) is 0 Å². The first-order valence-electron chi connectivity index (χ1n) is 18.8. The van der Waals surface area contributed by atoms with Gasteiger partial charge < -0.3 is 33.3 Å². The number of hydrogen-bond donors (Lipinski definition) is 0. The van der Waals surface area contributed by atoms with Crippen LogP contribution in [0.15, 0.2) is 78.9 Å². The van der Waals surface area contributed by atoms with Crippen LogP contribution in [0.3, 0.4) is 0 Å². The summed E-state index contributed by atoms with van der Waals surface area (Å²) in [6.07, 6.45) is 11.2. The van der Waals surface area contributed by atoms with Gasteiger partial charge >= 0.3 is 0 Å². The first kappa shape index (κ1) is 37.2. The van der Waals surface area contributed by atoms with E-state index in [4.69, 9.17) is 28.4 Å². The highest BCUT2D eigenvalue weighted by Gasteiger charge is 2.37. The molecule has 3 aromatic rings. The van der Waals surface area contributed by atoms with Gasteiger partial charge in [0.1, 0.15) is 11.5 Å². The molecule has 0 unspecified atom stereocenters. The average molecular weight is 674 g/mol. The van der Waals surface area contributed by atoms with Crippen LogP contribution in [0.25, 0.3) is 0 Å². The van der Waals surface area contributed by atoms with E-state index < -0.39 is 0 Å². The lowest BCUT2D eigenvalue weighted by Crippen LogP contribution is -2.45.